The minimum Gasteiger partial charge on any atom is -0.394 e. The number of guanidine groups is 1. The van der Waals surface area contributed by atoms with Crippen molar-refractivity contribution in [2.75, 3.05) is 6.61 Å². The van der Waals surface area contributed by atoms with Crippen LogP contribution in [0.2, 0.25) is 0 Å². The molecule has 1 aliphatic rings. The topological polar surface area (TPSA) is 128 Å². The van der Waals surface area contributed by atoms with Crippen LogP contribution >= 0.6 is 0 Å². The first-order valence-corrected chi connectivity index (χ1v) is 3.97. The Kier molecular flexibility index (Phi) is 3.28. The zero-order valence-electron chi connectivity index (χ0n) is 7.29. The lowest BCUT2D eigenvalue weighted by Crippen LogP contribution is -2.32. The van der Waals surface area contributed by atoms with Gasteiger partial charge in [0.15, 0.2) is 0 Å². The number of rotatable bonds is 4. The Morgan fingerprint density at radius 2 is 1.93 bits per heavy atom. The van der Waals surface area contributed by atoms with E-state index in [1.54, 1.807) is 0 Å². The molecule has 1 rings (SSSR count). The van der Waals surface area contributed by atoms with Crippen LogP contribution in [0.25, 0.3) is 0 Å². The molecule has 0 aromatic carbocycles. The Labute approximate surface area is 79.6 Å². The highest BCUT2D eigenvalue weighted by Gasteiger charge is 2.24. The molecule has 1 heterocycles. The number of carbonyl (C=O) groups is 1. The van der Waals surface area contributed by atoms with Crippen LogP contribution in [0.3, 0.4) is 0 Å². The number of carbonyl (C=O) groups excluding carboxylic acids is 1. The number of aliphatic hydroxyl groups is 3. The minimum atomic E-state index is -1.30. The highest BCUT2D eigenvalue weighted by atomic mass is 16.4. The summed E-state index contributed by atoms with van der Waals surface area (Å²) in [5.41, 5.74) is 5.14. The average molecular weight is 201 g/mol. The number of nitrogens with zero attached hydrogens (tertiary/aromatic N) is 2. The zero-order chi connectivity index (χ0) is 10.7. The second kappa shape index (κ2) is 4.27. The van der Waals surface area contributed by atoms with Crippen molar-refractivity contribution in [3.8, 4) is 0 Å². The molecule has 1 amide bonds. The van der Waals surface area contributed by atoms with E-state index in [1.165, 1.54) is 0 Å². The van der Waals surface area contributed by atoms with Gasteiger partial charge in [0.25, 0.3) is 5.91 Å². The molecule has 0 saturated heterocycles. The van der Waals surface area contributed by atoms with Gasteiger partial charge >= 0.3 is 0 Å². The fourth-order valence-corrected chi connectivity index (χ4v) is 0.968. The highest BCUT2D eigenvalue weighted by molar-refractivity contribution is 6.45. The van der Waals surface area contributed by atoms with E-state index < -0.39 is 24.7 Å². The summed E-state index contributed by atoms with van der Waals surface area (Å²) in [6, 6.07) is 0. The maximum Gasteiger partial charge on any atom is 0.294 e. The summed E-state index contributed by atoms with van der Waals surface area (Å²) in [6.07, 6.45) is -2.72. The summed E-state index contributed by atoms with van der Waals surface area (Å²) < 4.78 is 0. The van der Waals surface area contributed by atoms with Gasteiger partial charge in [0.1, 0.15) is 11.8 Å². The molecule has 14 heavy (non-hydrogen) atoms. The summed E-state index contributed by atoms with van der Waals surface area (Å²) in [5.74, 6) is -0.776. The van der Waals surface area contributed by atoms with Gasteiger partial charge in [0, 0.05) is 6.42 Å². The van der Waals surface area contributed by atoms with Crippen LogP contribution < -0.4 is 5.73 Å². The fraction of sp³-hybridized carbons (Fsp3) is 0.571. The lowest BCUT2D eigenvalue weighted by Gasteiger charge is -2.13. The zero-order valence-corrected chi connectivity index (χ0v) is 7.29. The van der Waals surface area contributed by atoms with Crippen molar-refractivity contribution in [1.82, 2.24) is 0 Å². The Hall–Kier alpha value is -1.31. The van der Waals surface area contributed by atoms with Crippen molar-refractivity contribution in [3.63, 3.8) is 0 Å². The summed E-state index contributed by atoms with van der Waals surface area (Å²) in [7, 11) is 0. The molecule has 7 nitrogen and oxygen atoms in total. The third kappa shape index (κ3) is 2.34. The number of aliphatic imine (C=N–C) groups is 2. The van der Waals surface area contributed by atoms with Gasteiger partial charge in [-0.15, -0.1) is 0 Å². The van der Waals surface area contributed by atoms with Crippen LogP contribution in [-0.2, 0) is 4.79 Å². The van der Waals surface area contributed by atoms with Gasteiger partial charge in [0.2, 0.25) is 5.96 Å². The van der Waals surface area contributed by atoms with Crippen LogP contribution in [0.4, 0.5) is 0 Å². The Morgan fingerprint density at radius 3 is 2.36 bits per heavy atom. The molecule has 0 bridgehead atoms. The molecule has 2 unspecified atom stereocenters. The number of nitrogens with two attached hydrogens (primary N) is 1. The van der Waals surface area contributed by atoms with Crippen molar-refractivity contribution in [2.24, 2.45) is 15.7 Å². The first-order valence-electron chi connectivity index (χ1n) is 3.97. The molecule has 0 aromatic rings. The monoisotopic (exact) mass is 201 g/mol. The number of aliphatic hydroxyl groups excluding tert-OH is 3. The quantitative estimate of drug-likeness (QED) is 0.396. The Balaban J connectivity index is 2.55. The smallest absolute Gasteiger partial charge is 0.294 e. The SMILES string of the molecule is NC1=NC(=O)C(CC(O)C(O)CO)=N1. The predicted molar refractivity (Wildman–Crippen MR) is 47.8 cm³/mol. The number of hydrogen-bond acceptors (Lipinski definition) is 6. The van der Waals surface area contributed by atoms with Gasteiger partial charge < -0.3 is 21.1 Å². The Bertz CT molecular complexity index is 299. The van der Waals surface area contributed by atoms with Crippen LogP contribution in [0, 0.1) is 0 Å². The van der Waals surface area contributed by atoms with E-state index in [0.29, 0.717) is 0 Å². The van der Waals surface area contributed by atoms with E-state index in [9.17, 15) is 9.90 Å². The molecule has 0 fully saturated rings. The number of hydrogen-bond donors (Lipinski definition) is 4. The van der Waals surface area contributed by atoms with Crippen LogP contribution in [0.1, 0.15) is 6.42 Å². The second-order valence-electron chi connectivity index (χ2n) is 2.86. The van der Waals surface area contributed by atoms with E-state index in [2.05, 4.69) is 9.98 Å². The first kappa shape index (κ1) is 10.8. The normalized spacial score (nSPS) is 20.4. The molecule has 2 atom stereocenters. The lowest BCUT2D eigenvalue weighted by molar-refractivity contribution is -0.111. The van der Waals surface area contributed by atoms with E-state index in [0.717, 1.165) is 0 Å². The summed E-state index contributed by atoms with van der Waals surface area (Å²) in [4.78, 5) is 17.9. The molecular formula is C7H11N3O4. The maximum absolute atomic E-state index is 11.0. The molecule has 0 aliphatic carbocycles. The van der Waals surface area contributed by atoms with Gasteiger partial charge in [-0.1, -0.05) is 0 Å². The van der Waals surface area contributed by atoms with Crippen molar-refractivity contribution in [1.29, 1.82) is 0 Å². The molecule has 5 N–H and O–H groups in total. The van der Waals surface area contributed by atoms with Crippen LogP contribution in [-0.4, -0.2) is 51.7 Å². The second-order valence-corrected chi connectivity index (χ2v) is 2.86. The van der Waals surface area contributed by atoms with E-state index in [-0.39, 0.29) is 18.1 Å². The van der Waals surface area contributed by atoms with E-state index in [4.69, 9.17) is 15.9 Å². The van der Waals surface area contributed by atoms with Crippen molar-refractivity contribution in [3.05, 3.63) is 0 Å². The standard InChI is InChI=1S/C7H11N3O4/c8-7-9-3(6(14)10-7)1-4(12)5(13)2-11/h4-5,11-13H,1-2H2,(H2,8,10,14). The summed E-state index contributed by atoms with van der Waals surface area (Å²) >= 11 is 0. The molecule has 0 saturated carbocycles. The summed E-state index contributed by atoms with van der Waals surface area (Å²) in [6.45, 7) is -0.584. The third-order valence-corrected chi connectivity index (χ3v) is 1.75. The van der Waals surface area contributed by atoms with Crippen molar-refractivity contribution < 1.29 is 20.1 Å². The van der Waals surface area contributed by atoms with Gasteiger partial charge in [-0.3, -0.25) is 4.79 Å². The maximum atomic E-state index is 11.0. The van der Waals surface area contributed by atoms with E-state index in [1.807, 2.05) is 0 Å². The third-order valence-electron chi connectivity index (χ3n) is 1.75. The first-order chi connectivity index (χ1) is 6.54. The van der Waals surface area contributed by atoms with Crippen molar-refractivity contribution >= 4 is 17.6 Å². The van der Waals surface area contributed by atoms with Gasteiger partial charge in [-0.25, -0.2) is 4.99 Å². The lowest BCUT2D eigenvalue weighted by atomic mass is 10.1. The van der Waals surface area contributed by atoms with E-state index >= 15 is 0 Å². The molecule has 1 aliphatic heterocycles. The van der Waals surface area contributed by atoms with Crippen LogP contribution in [0.5, 0.6) is 0 Å². The van der Waals surface area contributed by atoms with Gasteiger partial charge in [0.05, 0.1) is 12.7 Å². The molecule has 78 valence electrons. The minimum absolute atomic E-state index is 0.0116. The fourth-order valence-electron chi connectivity index (χ4n) is 0.968. The molecule has 7 heteroatoms. The largest absolute Gasteiger partial charge is 0.394 e. The summed E-state index contributed by atoms with van der Waals surface area (Å²) in [5, 5.41) is 26.8. The molecule has 0 spiro atoms. The number of amides is 1. The van der Waals surface area contributed by atoms with Gasteiger partial charge in [-0.2, -0.15) is 4.99 Å². The average Bonchev–Trinajstić information content (AvgIpc) is 2.44. The predicted octanol–water partition coefficient (Wildman–Crippen LogP) is -2.61. The van der Waals surface area contributed by atoms with Crippen molar-refractivity contribution in [2.45, 2.75) is 18.6 Å². The highest BCUT2D eigenvalue weighted by Crippen LogP contribution is 2.05. The van der Waals surface area contributed by atoms with Gasteiger partial charge in [-0.05, 0) is 0 Å². The molecule has 0 radical (unpaired) electrons. The Morgan fingerprint density at radius 1 is 1.29 bits per heavy atom. The van der Waals surface area contributed by atoms with Crippen LogP contribution in [0.15, 0.2) is 9.98 Å². The molecule has 0 aromatic heterocycles. The molecular weight excluding hydrogens is 190 g/mol.